The molecule has 1 saturated heterocycles. The minimum Gasteiger partial charge on any atom is -0.306 e. The molecule has 2 heterocycles. The summed E-state index contributed by atoms with van der Waals surface area (Å²) in [6.45, 7) is 2.59. The molecule has 0 N–H and O–H groups in total. The SMILES string of the molecule is CN1C[C@@H]2CCC[C@H](c3cccnc3)[C@@H]2C1. The second-order valence-electron chi connectivity index (χ2n) is 5.47. The van der Waals surface area contributed by atoms with Gasteiger partial charge in [-0.2, -0.15) is 0 Å². The van der Waals surface area contributed by atoms with Gasteiger partial charge in [0, 0.05) is 25.5 Å². The summed E-state index contributed by atoms with van der Waals surface area (Å²) < 4.78 is 0. The third-order valence-electron chi connectivity index (χ3n) is 4.39. The van der Waals surface area contributed by atoms with Gasteiger partial charge < -0.3 is 4.90 Å². The molecule has 1 aromatic heterocycles. The van der Waals surface area contributed by atoms with Gasteiger partial charge in [-0.25, -0.2) is 0 Å². The van der Waals surface area contributed by atoms with Gasteiger partial charge in [0.1, 0.15) is 0 Å². The molecule has 16 heavy (non-hydrogen) atoms. The Morgan fingerprint density at radius 2 is 2.25 bits per heavy atom. The molecule has 0 bridgehead atoms. The van der Waals surface area contributed by atoms with Crippen LogP contribution in [0.5, 0.6) is 0 Å². The Hall–Kier alpha value is -0.890. The van der Waals surface area contributed by atoms with Crippen molar-refractivity contribution in [3.63, 3.8) is 0 Å². The molecule has 0 aromatic carbocycles. The van der Waals surface area contributed by atoms with Crippen molar-refractivity contribution >= 4 is 0 Å². The van der Waals surface area contributed by atoms with E-state index in [0.29, 0.717) is 0 Å². The molecule has 86 valence electrons. The lowest BCUT2D eigenvalue weighted by atomic mass is 9.71. The number of likely N-dealkylation sites (tertiary alicyclic amines) is 1. The van der Waals surface area contributed by atoms with Crippen LogP contribution in [0.3, 0.4) is 0 Å². The van der Waals surface area contributed by atoms with E-state index in [1.54, 1.807) is 0 Å². The Balaban J connectivity index is 1.85. The van der Waals surface area contributed by atoms with Crippen molar-refractivity contribution in [1.82, 2.24) is 9.88 Å². The summed E-state index contributed by atoms with van der Waals surface area (Å²) in [6, 6.07) is 4.34. The van der Waals surface area contributed by atoms with E-state index in [1.165, 1.54) is 37.9 Å². The van der Waals surface area contributed by atoms with Crippen molar-refractivity contribution in [3.05, 3.63) is 30.1 Å². The maximum absolute atomic E-state index is 4.28. The Morgan fingerprint density at radius 3 is 3.06 bits per heavy atom. The summed E-state index contributed by atoms with van der Waals surface area (Å²) in [6.07, 6.45) is 8.15. The first-order valence-corrected chi connectivity index (χ1v) is 6.43. The number of hydrogen-bond donors (Lipinski definition) is 0. The zero-order valence-corrected chi connectivity index (χ0v) is 9.97. The first-order valence-electron chi connectivity index (χ1n) is 6.43. The van der Waals surface area contributed by atoms with Crippen molar-refractivity contribution < 1.29 is 0 Å². The lowest BCUT2D eigenvalue weighted by molar-refractivity contribution is 0.257. The molecule has 0 spiro atoms. The maximum Gasteiger partial charge on any atom is 0.0302 e. The first kappa shape index (κ1) is 10.3. The summed E-state index contributed by atoms with van der Waals surface area (Å²) in [7, 11) is 2.26. The monoisotopic (exact) mass is 216 g/mol. The molecule has 3 rings (SSSR count). The van der Waals surface area contributed by atoms with Gasteiger partial charge >= 0.3 is 0 Å². The summed E-state index contributed by atoms with van der Waals surface area (Å²) in [5, 5.41) is 0. The van der Waals surface area contributed by atoms with Crippen LogP contribution < -0.4 is 0 Å². The normalized spacial score (nSPS) is 34.9. The highest BCUT2D eigenvalue weighted by atomic mass is 15.1. The standard InChI is InChI=1S/C14H20N2/c1-16-9-12-4-2-6-13(14(12)10-16)11-5-3-7-15-8-11/h3,5,7-8,12-14H,2,4,6,9-10H2,1H3/t12-,13+,14+/m0/s1. The summed E-state index contributed by atoms with van der Waals surface area (Å²) >= 11 is 0. The molecule has 1 aliphatic heterocycles. The second-order valence-corrected chi connectivity index (χ2v) is 5.47. The van der Waals surface area contributed by atoms with Crippen LogP contribution in [0.1, 0.15) is 30.7 Å². The summed E-state index contributed by atoms with van der Waals surface area (Å²) in [5.41, 5.74) is 1.47. The molecule has 0 amide bonds. The molecule has 2 aliphatic rings. The third-order valence-corrected chi connectivity index (χ3v) is 4.39. The molecule has 3 atom stereocenters. The van der Waals surface area contributed by atoms with Crippen LogP contribution in [0, 0.1) is 11.8 Å². The third kappa shape index (κ3) is 1.75. The van der Waals surface area contributed by atoms with Crippen LogP contribution in [0.4, 0.5) is 0 Å². The van der Waals surface area contributed by atoms with Crippen molar-refractivity contribution in [3.8, 4) is 0 Å². The molecule has 2 fully saturated rings. The quantitative estimate of drug-likeness (QED) is 0.717. The molecular formula is C14H20N2. The van der Waals surface area contributed by atoms with Crippen LogP contribution in [0.25, 0.3) is 0 Å². The number of aromatic nitrogens is 1. The van der Waals surface area contributed by atoms with Crippen LogP contribution in [0.15, 0.2) is 24.5 Å². The molecular weight excluding hydrogens is 196 g/mol. The van der Waals surface area contributed by atoms with Crippen molar-refractivity contribution in [2.45, 2.75) is 25.2 Å². The molecule has 2 heteroatoms. The van der Waals surface area contributed by atoms with Gasteiger partial charge in [0.25, 0.3) is 0 Å². The molecule has 0 radical (unpaired) electrons. The van der Waals surface area contributed by atoms with Crippen LogP contribution in [-0.2, 0) is 0 Å². The molecule has 1 aliphatic carbocycles. The van der Waals surface area contributed by atoms with E-state index in [9.17, 15) is 0 Å². The van der Waals surface area contributed by atoms with Gasteiger partial charge in [-0.15, -0.1) is 0 Å². The minimum absolute atomic E-state index is 0.761. The van der Waals surface area contributed by atoms with E-state index in [2.05, 4.69) is 35.3 Å². The van der Waals surface area contributed by atoms with E-state index >= 15 is 0 Å². The molecule has 2 nitrogen and oxygen atoms in total. The predicted octanol–water partition coefficient (Wildman–Crippen LogP) is 2.53. The highest BCUT2D eigenvalue weighted by Gasteiger charge is 2.39. The molecule has 0 unspecified atom stereocenters. The van der Waals surface area contributed by atoms with Crippen molar-refractivity contribution in [2.24, 2.45) is 11.8 Å². The fourth-order valence-corrected chi connectivity index (χ4v) is 3.70. The van der Waals surface area contributed by atoms with Crippen LogP contribution in [-0.4, -0.2) is 30.0 Å². The number of hydrogen-bond acceptors (Lipinski definition) is 2. The van der Waals surface area contributed by atoms with Gasteiger partial charge in [0.05, 0.1) is 0 Å². The summed E-state index contributed by atoms with van der Waals surface area (Å²) in [5.74, 6) is 2.57. The van der Waals surface area contributed by atoms with E-state index < -0.39 is 0 Å². The van der Waals surface area contributed by atoms with Gasteiger partial charge in [-0.3, -0.25) is 4.98 Å². The Labute approximate surface area is 97.7 Å². The zero-order chi connectivity index (χ0) is 11.0. The average molecular weight is 216 g/mol. The fraction of sp³-hybridized carbons (Fsp3) is 0.643. The van der Waals surface area contributed by atoms with E-state index in [1.807, 2.05) is 6.20 Å². The number of rotatable bonds is 1. The number of fused-ring (bicyclic) bond motifs is 1. The number of pyridine rings is 1. The van der Waals surface area contributed by atoms with Crippen LogP contribution >= 0.6 is 0 Å². The fourth-order valence-electron chi connectivity index (χ4n) is 3.70. The second kappa shape index (κ2) is 4.17. The van der Waals surface area contributed by atoms with E-state index in [-0.39, 0.29) is 0 Å². The highest BCUT2D eigenvalue weighted by Crippen LogP contribution is 2.44. The lowest BCUT2D eigenvalue weighted by Gasteiger charge is -2.33. The van der Waals surface area contributed by atoms with Gasteiger partial charge in [0.15, 0.2) is 0 Å². The Bertz CT molecular complexity index is 349. The first-order chi connectivity index (χ1) is 7.84. The Morgan fingerprint density at radius 1 is 1.31 bits per heavy atom. The molecule has 1 aromatic rings. The number of nitrogens with zero attached hydrogens (tertiary/aromatic N) is 2. The van der Waals surface area contributed by atoms with Crippen molar-refractivity contribution in [2.75, 3.05) is 20.1 Å². The highest BCUT2D eigenvalue weighted by molar-refractivity contribution is 5.18. The lowest BCUT2D eigenvalue weighted by Crippen LogP contribution is -2.25. The van der Waals surface area contributed by atoms with Gasteiger partial charge in [-0.05, 0) is 49.3 Å². The Kier molecular flexibility index (Phi) is 2.68. The van der Waals surface area contributed by atoms with E-state index in [0.717, 1.165) is 17.8 Å². The maximum atomic E-state index is 4.28. The largest absolute Gasteiger partial charge is 0.306 e. The zero-order valence-electron chi connectivity index (χ0n) is 9.97. The van der Waals surface area contributed by atoms with Crippen molar-refractivity contribution in [1.29, 1.82) is 0 Å². The average Bonchev–Trinajstić information content (AvgIpc) is 2.70. The van der Waals surface area contributed by atoms with Gasteiger partial charge in [-0.1, -0.05) is 12.5 Å². The predicted molar refractivity (Wildman–Crippen MR) is 65.3 cm³/mol. The molecule has 1 saturated carbocycles. The topological polar surface area (TPSA) is 16.1 Å². The van der Waals surface area contributed by atoms with E-state index in [4.69, 9.17) is 0 Å². The van der Waals surface area contributed by atoms with Crippen LogP contribution in [0.2, 0.25) is 0 Å². The summed E-state index contributed by atoms with van der Waals surface area (Å²) in [4.78, 5) is 6.78. The smallest absolute Gasteiger partial charge is 0.0302 e. The minimum atomic E-state index is 0.761. The van der Waals surface area contributed by atoms with Gasteiger partial charge in [0.2, 0.25) is 0 Å².